The van der Waals surface area contributed by atoms with Crippen molar-refractivity contribution in [3.63, 3.8) is 0 Å². The van der Waals surface area contributed by atoms with Crippen LogP contribution in [0.25, 0.3) is 0 Å². The summed E-state index contributed by atoms with van der Waals surface area (Å²) < 4.78 is 0. The molecular weight excluding hydrogens is 254 g/mol. The summed E-state index contributed by atoms with van der Waals surface area (Å²) in [6.07, 6.45) is 4.43. The highest BCUT2D eigenvalue weighted by molar-refractivity contribution is 5.92. The van der Waals surface area contributed by atoms with Crippen molar-refractivity contribution in [2.75, 3.05) is 5.32 Å². The summed E-state index contributed by atoms with van der Waals surface area (Å²) in [6.45, 7) is 0. The molecule has 0 aliphatic heterocycles. The zero-order chi connectivity index (χ0) is 14.2. The topological polar surface area (TPSA) is 70.6 Å². The van der Waals surface area contributed by atoms with Gasteiger partial charge in [-0.3, -0.25) is 4.79 Å². The number of hydrogen-bond acceptors (Lipinski definition) is 3. The number of Topliss-reactive ketones (excluding diaryl/α,β-unsaturated/α-hetero) is 1. The monoisotopic (exact) mass is 273 g/mol. The molecule has 0 aromatic heterocycles. The number of urea groups is 1. The van der Waals surface area contributed by atoms with Gasteiger partial charge in [-0.05, 0) is 37.8 Å². The lowest BCUT2D eigenvalue weighted by Gasteiger charge is -2.11. The number of anilines is 1. The van der Waals surface area contributed by atoms with Gasteiger partial charge in [0.05, 0.1) is 0 Å². The Balaban J connectivity index is 1.82. The minimum atomic E-state index is -0.346. The Bertz CT molecular complexity index is 483. The molecule has 0 radical (unpaired) electrons. The van der Waals surface area contributed by atoms with Gasteiger partial charge in [-0.2, -0.15) is 5.10 Å². The third-order valence-electron chi connectivity index (χ3n) is 3.19. The van der Waals surface area contributed by atoms with Gasteiger partial charge in [0.2, 0.25) is 0 Å². The van der Waals surface area contributed by atoms with Gasteiger partial charge in [-0.15, -0.1) is 0 Å². The van der Waals surface area contributed by atoms with Crippen molar-refractivity contribution in [3.8, 4) is 0 Å². The maximum absolute atomic E-state index is 11.7. The molecule has 0 spiro atoms. The number of nitrogens with zero attached hydrogens (tertiary/aromatic N) is 1. The van der Waals surface area contributed by atoms with E-state index in [4.69, 9.17) is 0 Å². The number of carbonyl (C=O) groups is 2. The molecule has 2 rings (SSSR count). The van der Waals surface area contributed by atoms with E-state index in [0.29, 0.717) is 18.6 Å². The molecule has 0 atom stereocenters. The third kappa shape index (κ3) is 4.84. The van der Waals surface area contributed by atoms with Crippen LogP contribution in [0.2, 0.25) is 0 Å². The Morgan fingerprint density at radius 3 is 2.30 bits per heavy atom. The zero-order valence-electron chi connectivity index (χ0n) is 11.4. The standard InChI is InChI=1S/C15H19N3O2/c19-14-10-4-8-13(9-5-11-14)17-18-15(20)16-12-6-2-1-3-7-12/h1-3,6-7H,4-5,8-11H2,(H2,16,18,20). The Labute approximate surface area is 118 Å². The van der Waals surface area contributed by atoms with Crippen molar-refractivity contribution in [1.82, 2.24) is 5.43 Å². The van der Waals surface area contributed by atoms with Gasteiger partial charge in [0, 0.05) is 24.2 Å². The van der Waals surface area contributed by atoms with Crippen LogP contribution in [0.3, 0.4) is 0 Å². The Morgan fingerprint density at radius 2 is 1.65 bits per heavy atom. The number of ketones is 1. The highest BCUT2D eigenvalue weighted by Crippen LogP contribution is 2.12. The predicted octanol–water partition coefficient (Wildman–Crippen LogP) is 3.09. The predicted molar refractivity (Wildman–Crippen MR) is 78.7 cm³/mol. The first-order chi connectivity index (χ1) is 9.74. The first-order valence-electron chi connectivity index (χ1n) is 6.93. The van der Waals surface area contributed by atoms with E-state index < -0.39 is 0 Å². The van der Waals surface area contributed by atoms with Gasteiger partial charge in [0.15, 0.2) is 0 Å². The van der Waals surface area contributed by atoms with E-state index in [1.54, 1.807) is 0 Å². The van der Waals surface area contributed by atoms with Crippen LogP contribution in [-0.4, -0.2) is 17.5 Å². The lowest BCUT2D eigenvalue weighted by molar-refractivity contribution is -0.119. The Kier molecular flexibility index (Phi) is 5.29. The number of carbonyl (C=O) groups excluding carboxylic acids is 2. The van der Waals surface area contributed by atoms with Gasteiger partial charge < -0.3 is 5.32 Å². The van der Waals surface area contributed by atoms with Crippen LogP contribution >= 0.6 is 0 Å². The number of nitrogens with one attached hydrogen (secondary N) is 2. The summed E-state index contributed by atoms with van der Waals surface area (Å²) in [7, 11) is 0. The highest BCUT2D eigenvalue weighted by Gasteiger charge is 2.10. The molecule has 0 heterocycles. The van der Waals surface area contributed by atoms with Crippen molar-refractivity contribution in [2.45, 2.75) is 38.5 Å². The third-order valence-corrected chi connectivity index (χ3v) is 3.19. The van der Waals surface area contributed by atoms with Crippen molar-refractivity contribution in [1.29, 1.82) is 0 Å². The fourth-order valence-electron chi connectivity index (χ4n) is 2.15. The molecule has 20 heavy (non-hydrogen) atoms. The molecule has 1 aromatic carbocycles. The summed E-state index contributed by atoms with van der Waals surface area (Å²) in [5, 5.41) is 6.85. The lowest BCUT2D eigenvalue weighted by atomic mass is 9.98. The van der Waals surface area contributed by atoms with Crippen LogP contribution < -0.4 is 10.7 Å². The number of benzene rings is 1. The van der Waals surface area contributed by atoms with E-state index in [1.165, 1.54) is 0 Å². The molecule has 2 amide bonds. The smallest absolute Gasteiger partial charge is 0.307 e. The first kappa shape index (κ1) is 14.2. The Hall–Kier alpha value is -2.17. The average molecular weight is 273 g/mol. The van der Waals surface area contributed by atoms with Gasteiger partial charge in [-0.25, -0.2) is 10.2 Å². The Morgan fingerprint density at radius 1 is 1.00 bits per heavy atom. The van der Waals surface area contributed by atoms with Crippen molar-refractivity contribution >= 4 is 23.2 Å². The summed E-state index contributed by atoms with van der Waals surface area (Å²) in [5.41, 5.74) is 4.20. The molecule has 2 N–H and O–H groups in total. The van der Waals surface area contributed by atoms with Gasteiger partial charge in [0.1, 0.15) is 5.78 Å². The van der Waals surface area contributed by atoms with Gasteiger partial charge in [-0.1, -0.05) is 18.2 Å². The molecule has 0 unspecified atom stereocenters. The van der Waals surface area contributed by atoms with Crippen molar-refractivity contribution in [3.05, 3.63) is 30.3 Å². The molecule has 1 aliphatic carbocycles. The molecule has 1 aromatic rings. The largest absolute Gasteiger partial charge is 0.339 e. The van der Waals surface area contributed by atoms with Crippen molar-refractivity contribution < 1.29 is 9.59 Å². The molecule has 1 aliphatic rings. The van der Waals surface area contributed by atoms with Crippen LogP contribution in [-0.2, 0) is 4.79 Å². The molecule has 0 bridgehead atoms. The summed E-state index contributed by atoms with van der Waals surface area (Å²) >= 11 is 0. The second-order valence-corrected chi connectivity index (χ2v) is 4.86. The van der Waals surface area contributed by atoms with Crippen LogP contribution in [0.5, 0.6) is 0 Å². The average Bonchev–Trinajstić information content (AvgIpc) is 2.42. The van der Waals surface area contributed by atoms with Crippen LogP contribution in [0.4, 0.5) is 10.5 Å². The van der Waals surface area contributed by atoms with Gasteiger partial charge in [0.25, 0.3) is 0 Å². The maximum atomic E-state index is 11.7. The number of hydrogen-bond donors (Lipinski definition) is 2. The zero-order valence-corrected chi connectivity index (χ0v) is 11.4. The first-order valence-corrected chi connectivity index (χ1v) is 6.93. The summed E-state index contributed by atoms with van der Waals surface area (Å²) in [5.74, 6) is 0.332. The minimum absolute atomic E-state index is 0.332. The van der Waals surface area contributed by atoms with Crippen LogP contribution in [0.1, 0.15) is 38.5 Å². The number of rotatable bonds is 2. The van der Waals surface area contributed by atoms with E-state index in [9.17, 15) is 9.59 Å². The molecule has 5 nitrogen and oxygen atoms in total. The van der Waals surface area contributed by atoms with E-state index >= 15 is 0 Å². The number of hydrazone groups is 1. The fraction of sp³-hybridized carbons (Fsp3) is 0.400. The number of amides is 2. The van der Waals surface area contributed by atoms with E-state index in [-0.39, 0.29) is 6.03 Å². The molecule has 106 valence electrons. The van der Waals surface area contributed by atoms with Crippen molar-refractivity contribution in [2.24, 2.45) is 5.10 Å². The summed E-state index contributed by atoms with van der Waals surface area (Å²) in [6, 6.07) is 8.88. The normalized spacial score (nSPS) is 16.0. The van der Waals surface area contributed by atoms with Crippen LogP contribution in [0, 0.1) is 0 Å². The van der Waals surface area contributed by atoms with Crippen LogP contribution in [0.15, 0.2) is 35.4 Å². The van der Waals surface area contributed by atoms with Gasteiger partial charge >= 0.3 is 6.03 Å². The second kappa shape index (κ2) is 7.43. The SMILES string of the molecule is O=C1CCCC(=NNC(=O)Nc2ccccc2)CCC1. The maximum Gasteiger partial charge on any atom is 0.339 e. The fourth-order valence-corrected chi connectivity index (χ4v) is 2.15. The van der Waals surface area contributed by atoms with E-state index in [2.05, 4.69) is 15.8 Å². The number of para-hydroxylation sites is 1. The van der Waals surface area contributed by atoms with E-state index in [0.717, 1.165) is 37.1 Å². The minimum Gasteiger partial charge on any atom is -0.307 e. The molecule has 1 saturated carbocycles. The molecule has 0 saturated heterocycles. The second-order valence-electron chi connectivity index (χ2n) is 4.86. The quantitative estimate of drug-likeness (QED) is 0.813. The summed E-state index contributed by atoms with van der Waals surface area (Å²) in [4.78, 5) is 23.0. The molecule has 5 heteroatoms. The van der Waals surface area contributed by atoms with E-state index in [1.807, 2.05) is 30.3 Å². The molecule has 1 fully saturated rings. The molecular formula is C15H19N3O2. The lowest BCUT2D eigenvalue weighted by Crippen LogP contribution is -2.25. The highest BCUT2D eigenvalue weighted by atomic mass is 16.2.